The van der Waals surface area contributed by atoms with Crippen LogP contribution in [0.5, 0.6) is 0 Å². The summed E-state index contributed by atoms with van der Waals surface area (Å²) in [6.07, 6.45) is 7.55. The second kappa shape index (κ2) is 10.5. The number of nitrogens with zero attached hydrogens (tertiary/aromatic N) is 1. The van der Waals surface area contributed by atoms with Gasteiger partial charge in [0.2, 0.25) is 0 Å². The molecule has 0 aromatic heterocycles. The van der Waals surface area contributed by atoms with E-state index in [0.29, 0.717) is 6.61 Å². The van der Waals surface area contributed by atoms with Gasteiger partial charge in [-0.25, -0.2) is 0 Å². The molecule has 0 amide bonds. The highest BCUT2D eigenvalue weighted by Crippen LogP contribution is 2.04. The second-order valence-electron chi connectivity index (χ2n) is 3.58. The molecule has 0 aromatic rings. The highest BCUT2D eigenvalue weighted by Gasteiger charge is 1.98. The van der Waals surface area contributed by atoms with Gasteiger partial charge in [0.25, 0.3) is 0 Å². The smallest absolute Gasteiger partial charge is 0.116 e. The Morgan fingerprint density at radius 1 is 1.21 bits per heavy atom. The molecule has 0 aliphatic carbocycles. The summed E-state index contributed by atoms with van der Waals surface area (Å²) in [5.74, 6) is 0. The molecule has 2 N–H and O–H groups in total. The lowest BCUT2D eigenvalue weighted by Crippen LogP contribution is -2.24. The van der Waals surface area contributed by atoms with E-state index in [9.17, 15) is 0 Å². The number of hydrogen-bond donors (Lipinski definition) is 1. The van der Waals surface area contributed by atoms with E-state index in [1.54, 1.807) is 0 Å². The molecule has 14 heavy (non-hydrogen) atoms. The van der Waals surface area contributed by atoms with Crippen molar-refractivity contribution in [2.75, 3.05) is 13.2 Å². The topological polar surface area (TPSA) is 59.0 Å². The van der Waals surface area contributed by atoms with Gasteiger partial charge >= 0.3 is 0 Å². The van der Waals surface area contributed by atoms with Crippen LogP contribution >= 0.6 is 0 Å². The van der Waals surface area contributed by atoms with E-state index in [1.165, 1.54) is 32.1 Å². The van der Waals surface area contributed by atoms with Gasteiger partial charge in [0.05, 0.1) is 12.7 Å². The van der Waals surface area contributed by atoms with E-state index in [-0.39, 0.29) is 0 Å². The third-order valence-electron chi connectivity index (χ3n) is 2.11. The van der Waals surface area contributed by atoms with E-state index >= 15 is 0 Å². The first-order chi connectivity index (χ1) is 6.81. The molecule has 0 aliphatic rings. The van der Waals surface area contributed by atoms with Crippen LogP contribution in [0.15, 0.2) is 0 Å². The van der Waals surface area contributed by atoms with Gasteiger partial charge in [-0.1, -0.05) is 39.0 Å². The Bertz CT molecular complexity index is 154. The van der Waals surface area contributed by atoms with Gasteiger partial charge in [-0.2, -0.15) is 5.26 Å². The minimum Gasteiger partial charge on any atom is -0.379 e. The number of hydrogen-bond acceptors (Lipinski definition) is 3. The summed E-state index contributed by atoms with van der Waals surface area (Å²) in [4.78, 5) is 0. The molecule has 0 heterocycles. The molecule has 0 rings (SSSR count). The van der Waals surface area contributed by atoms with Crippen molar-refractivity contribution < 1.29 is 4.74 Å². The van der Waals surface area contributed by atoms with E-state index < -0.39 is 6.04 Å². The van der Waals surface area contributed by atoms with Crippen LogP contribution in [0.3, 0.4) is 0 Å². The molecule has 82 valence electrons. The van der Waals surface area contributed by atoms with Crippen LogP contribution in [0.4, 0.5) is 0 Å². The van der Waals surface area contributed by atoms with Crippen LogP contribution < -0.4 is 5.73 Å². The Labute approximate surface area is 87.2 Å². The van der Waals surface area contributed by atoms with Crippen molar-refractivity contribution in [3.63, 3.8) is 0 Å². The summed E-state index contributed by atoms with van der Waals surface area (Å²) in [5, 5.41) is 8.38. The molecule has 3 nitrogen and oxygen atoms in total. The van der Waals surface area contributed by atoms with Crippen LogP contribution in [0.2, 0.25) is 0 Å². The van der Waals surface area contributed by atoms with Crippen molar-refractivity contribution in [2.24, 2.45) is 5.73 Å². The van der Waals surface area contributed by atoms with E-state index in [2.05, 4.69) is 6.92 Å². The Hall–Kier alpha value is -0.590. The molecule has 1 unspecified atom stereocenters. The first kappa shape index (κ1) is 13.4. The van der Waals surface area contributed by atoms with Gasteiger partial charge in [0.1, 0.15) is 6.04 Å². The van der Waals surface area contributed by atoms with Gasteiger partial charge in [0.15, 0.2) is 0 Å². The molecule has 1 atom stereocenters. The summed E-state index contributed by atoms with van der Waals surface area (Å²) < 4.78 is 5.25. The van der Waals surface area contributed by atoms with E-state index in [1.807, 2.05) is 6.07 Å². The number of nitrogens with two attached hydrogens (primary N) is 1. The van der Waals surface area contributed by atoms with E-state index in [0.717, 1.165) is 13.0 Å². The number of ether oxygens (including phenoxy) is 1. The average Bonchev–Trinajstić information content (AvgIpc) is 2.21. The van der Waals surface area contributed by atoms with Gasteiger partial charge < -0.3 is 10.5 Å². The zero-order chi connectivity index (χ0) is 10.6. The summed E-state index contributed by atoms with van der Waals surface area (Å²) >= 11 is 0. The van der Waals surface area contributed by atoms with Crippen molar-refractivity contribution in [3.05, 3.63) is 0 Å². The van der Waals surface area contributed by atoms with Crippen molar-refractivity contribution in [1.29, 1.82) is 5.26 Å². The average molecular weight is 198 g/mol. The SMILES string of the molecule is CCCCCCCCOCC(N)C#N. The lowest BCUT2D eigenvalue weighted by molar-refractivity contribution is 0.126. The maximum absolute atomic E-state index is 8.38. The lowest BCUT2D eigenvalue weighted by Gasteiger charge is -2.04. The van der Waals surface area contributed by atoms with E-state index in [4.69, 9.17) is 15.7 Å². The highest BCUT2D eigenvalue weighted by molar-refractivity contribution is 4.85. The van der Waals surface area contributed by atoms with Crippen LogP contribution in [-0.4, -0.2) is 19.3 Å². The van der Waals surface area contributed by atoms with Gasteiger partial charge in [0, 0.05) is 6.61 Å². The first-order valence-electron chi connectivity index (χ1n) is 5.54. The third kappa shape index (κ3) is 9.50. The molecule has 0 radical (unpaired) electrons. The molecule has 0 aliphatic heterocycles. The zero-order valence-electron chi connectivity index (χ0n) is 9.17. The molecular formula is C11H22N2O. The maximum atomic E-state index is 8.38. The van der Waals surface area contributed by atoms with Gasteiger partial charge in [-0.3, -0.25) is 0 Å². The van der Waals surface area contributed by atoms with Crippen molar-refractivity contribution >= 4 is 0 Å². The summed E-state index contributed by atoms with van der Waals surface area (Å²) in [6.45, 7) is 3.32. The Morgan fingerprint density at radius 2 is 1.86 bits per heavy atom. The molecule has 0 spiro atoms. The maximum Gasteiger partial charge on any atom is 0.116 e. The predicted octanol–water partition coefficient (Wildman–Crippen LogP) is 2.21. The predicted molar refractivity (Wildman–Crippen MR) is 57.8 cm³/mol. The van der Waals surface area contributed by atoms with Gasteiger partial charge in [-0.05, 0) is 6.42 Å². The highest BCUT2D eigenvalue weighted by atomic mass is 16.5. The fourth-order valence-corrected chi connectivity index (χ4v) is 1.23. The Balaban J connectivity index is 2.96. The standard InChI is InChI=1S/C11H22N2O/c1-2-3-4-5-6-7-8-14-10-11(13)9-12/h11H,2-8,10,13H2,1H3. The van der Waals surface area contributed by atoms with Crippen LogP contribution in [0.25, 0.3) is 0 Å². The summed E-state index contributed by atoms with van der Waals surface area (Å²) in [7, 11) is 0. The van der Waals surface area contributed by atoms with Crippen LogP contribution in [0.1, 0.15) is 45.4 Å². The normalized spacial score (nSPS) is 12.4. The zero-order valence-corrected chi connectivity index (χ0v) is 9.17. The monoisotopic (exact) mass is 198 g/mol. The quantitative estimate of drug-likeness (QED) is 0.578. The second-order valence-corrected chi connectivity index (χ2v) is 3.58. The third-order valence-corrected chi connectivity index (χ3v) is 2.11. The fourth-order valence-electron chi connectivity index (χ4n) is 1.23. The van der Waals surface area contributed by atoms with Crippen molar-refractivity contribution in [3.8, 4) is 6.07 Å². The largest absolute Gasteiger partial charge is 0.379 e. The Kier molecular flexibility index (Phi) is 10.0. The van der Waals surface area contributed by atoms with Crippen LogP contribution in [0, 0.1) is 11.3 Å². The molecule has 0 aromatic carbocycles. The molecule has 0 fully saturated rings. The first-order valence-corrected chi connectivity index (χ1v) is 5.54. The minimum absolute atomic E-state index is 0.367. The van der Waals surface area contributed by atoms with Crippen LogP contribution in [-0.2, 0) is 4.74 Å². The minimum atomic E-state index is -0.463. The van der Waals surface area contributed by atoms with Crippen molar-refractivity contribution in [1.82, 2.24) is 0 Å². The van der Waals surface area contributed by atoms with Gasteiger partial charge in [-0.15, -0.1) is 0 Å². The number of nitriles is 1. The molecule has 0 bridgehead atoms. The molecule has 0 saturated carbocycles. The number of unbranched alkanes of at least 4 members (excludes halogenated alkanes) is 5. The summed E-state index contributed by atoms with van der Waals surface area (Å²) in [5.41, 5.74) is 5.37. The summed E-state index contributed by atoms with van der Waals surface area (Å²) in [6, 6.07) is 1.47. The fraction of sp³-hybridized carbons (Fsp3) is 0.909. The number of rotatable bonds is 9. The molecule has 3 heteroatoms. The molecule has 0 saturated heterocycles. The molecular weight excluding hydrogens is 176 g/mol. The Morgan fingerprint density at radius 3 is 2.50 bits per heavy atom. The lowest BCUT2D eigenvalue weighted by atomic mass is 10.1. The van der Waals surface area contributed by atoms with Crippen molar-refractivity contribution in [2.45, 2.75) is 51.5 Å².